The van der Waals surface area contributed by atoms with Crippen molar-refractivity contribution in [2.45, 2.75) is 6.92 Å². The van der Waals surface area contributed by atoms with Gasteiger partial charge in [-0.2, -0.15) is 0 Å². The molecule has 0 unspecified atom stereocenters. The van der Waals surface area contributed by atoms with E-state index in [4.69, 9.17) is 5.73 Å². The van der Waals surface area contributed by atoms with Crippen molar-refractivity contribution in [3.8, 4) is 0 Å². The van der Waals surface area contributed by atoms with Crippen molar-refractivity contribution in [1.29, 1.82) is 0 Å². The predicted molar refractivity (Wildman–Crippen MR) is 82.3 cm³/mol. The number of nitrogen functional groups attached to an aromatic ring is 1. The Morgan fingerprint density at radius 1 is 1.00 bits per heavy atom. The van der Waals surface area contributed by atoms with Crippen LogP contribution in [0.3, 0.4) is 0 Å². The molecule has 2 N–H and O–H groups in total. The van der Waals surface area contributed by atoms with E-state index in [2.05, 4.69) is 0 Å². The summed E-state index contributed by atoms with van der Waals surface area (Å²) in [4.78, 5) is 27.3. The molecule has 2 aromatic rings. The minimum Gasteiger partial charge on any atom is -0.397 e. The fourth-order valence-electron chi connectivity index (χ4n) is 2.37. The number of rotatable bonds is 2. The fourth-order valence-corrected chi connectivity index (χ4v) is 2.37. The summed E-state index contributed by atoms with van der Waals surface area (Å²) >= 11 is 0. The molecule has 0 aliphatic carbocycles. The molecule has 21 heavy (non-hydrogen) atoms. The number of carbonyl (C=O) groups is 2. The highest BCUT2D eigenvalue weighted by Crippen LogP contribution is 2.29. The van der Waals surface area contributed by atoms with Gasteiger partial charge in [-0.05, 0) is 31.2 Å². The number of carbonyl (C=O) groups excluding carboxylic acids is 2. The number of amides is 3. The van der Waals surface area contributed by atoms with Gasteiger partial charge in [-0.25, -0.2) is 9.69 Å². The highest BCUT2D eigenvalue weighted by Gasteiger charge is 2.38. The molecule has 1 saturated heterocycles. The molecule has 1 aliphatic heterocycles. The van der Waals surface area contributed by atoms with Crippen LogP contribution in [0.15, 0.2) is 48.5 Å². The summed E-state index contributed by atoms with van der Waals surface area (Å²) in [6.45, 7) is 1.95. The van der Waals surface area contributed by atoms with Crippen molar-refractivity contribution in [3.63, 3.8) is 0 Å². The van der Waals surface area contributed by atoms with Crippen LogP contribution in [-0.4, -0.2) is 18.5 Å². The van der Waals surface area contributed by atoms with E-state index in [1.54, 1.807) is 36.4 Å². The van der Waals surface area contributed by atoms with Crippen LogP contribution in [0.1, 0.15) is 5.56 Å². The molecule has 0 radical (unpaired) electrons. The summed E-state index contributed by atoms with van der Waals surface area (Å²) in [5.74, 6) is -0.257. The van der Waals surface area contributed by atoms with Gasteiger partial charge in [0.15, 0.2) is 0 Å². The number of imide groups is 1. The van der Waals surface area contributed by atoms with Gasteiger partial charge in [0.25, 0.3) is 5.91 Å². The molecule has 0 aromatic heterocycles. The predicted octanol–water partition coefficient (Wildman–Crippen LogP) is 2.55. The van der Waals surface area contributed by atoms with E-state index < -0.39 is 0 Å². The number of para-hydroxylation sites is 2. The standard InChI is InChI=1S/C16H15N3O2/c1-11-6-8-12(9-7-11)19-15(20)10-18(16(19)21)14-5-3-2-4-13(14)17/h2-9H,10,17H2,1H3. The normalized spacial score (nSPS) is 14.9. The van der Waals surface area contributed by atoms with Crippen LogP contribution >= 0.6 is 0 Å². The Hall–Kier alpha value is -2.82. The van der Waals surface area contributed by atoms with Gasteiger partial charge in [-0.15, -0.1) is 0 Å². The second kappa shape index (κ2) is 4.94. The third kappa shape index (κ3) is 2.23. The van der Waals surface area contributed by atoms with Crippen LogP contribution in [0.25, 0.3) is 0 Å². The molecule has 5 heteroatoms. The first-order valence-corrected chi connectivity index (χ1v) is 6.63. The lowest BCUT2D eigenvalue weighted by molar-refractivity contribution is -0.115. The largest absolute Gasteiger partial charge is 0.397 e. The number of nitrogens with two attached hydrogens (primary N) is 1. The minimum absolute atomic E-state index is 0.000916. The van der Waals surface area contributed by atoms with Crippen LogP contribution in [-0.2, 0) is 4.79 Å². The van der Waals surface area contributed by atoms with Crippen molar-refractivity contribution in [2.24, 2.45) is 0 Å². The second-order valence-electron chi connectivity index (χ2n) is 4.99. The zero-order valence-electron chi connectivity index (χ0n) is 11.6. The van der Waals surface area contributed by atoms with Crippen molar-refractivity contribution < 1.29 is 9.59 Å². The van der Waals surface area contributed by atoms with E-state index in [9.17, 15) is 9.59 Å². The molecular weight excluding hydrogens is 266 g/mol. The highest BCUT2D eigenvalue weighted by atomic mass is 16.2. The molecule has 5 nitrogen and oxygen atoms in total. The summed E-state index contributed by atoms with van der Waals surface area (Å²) in [7, 11) is 0. The molecule has 3 rings (SSSR count). The molecule has 1 heterocycles. The van der Waals surface area contributed by atoms with Gasteiger partial charge in [0.2, 0.25) is 0 Å². The number of hydrogen-bond acceptors (Lipinski definition) is 3. The Morgan fingerprint density at radius 3 is 2.33 bits per heavy atom. The van der Waals surface area contributed by atoms with Crippen molar-refractivity contribution in [2.75, 3.05) is 22.1 Å². The maximum atomic E-state index is 12.5. The first-order valence-electron chi connectivity index (χ1n) is 6.63. The summed E-state index contributed by atoms with van der Waals surface area (Å²) in [6, 6.07) is 13.9. The lowest BCUT2D eigenvalue weighted by Crippen LogP contribution is -2.33. The maximum Gasteiger partial charge on any atom is 0.336 e. The van der Waals surface area contributed by atoms with E-state index in [1.165, 1.54) is 9.80 Å². The van der Waals surface area contributed by atoms with Crippen molar-refractivity contribution in [1.82, 2.24) is 0 Å². The molecule has 0 spiro atoms. The van der Waals surface area contributed by atoms with Crippen LogP contribution in [0.5, 0.6) is 0 Å². The van der Waals surface area contributed by atoms with Gasteiger partial charge in [-0.1, -0.05) is 29.8 Å². The molecule has 1 fully saturated rings. The molecular formula is C16H15N3O2. The Bertz CT molecular complexity index is 710. The summed E-state index contributed by atoms with van der Waals surface area (Å²) < 4.78 is 0. The van der Waals surface area contributed by atoms with Crippen LogP contribution in [0.2, 0.25) is 0 Å². The maximum absolute atomic E-state index is 12.5. The third-order valence-electron chi connectivity index (χ3n) is 3.48. The molecule has 0 atom stereocenters. The molecule has 1 aliphatic rings. The lowest BCUT2D eigenvalue weighted by Gasteiger charge is -2.18. The Labute approximate surface area is 122 Å². The van der Waals surface area contributed by atoms with E-state index >= 15 is 0 Å². The number of nitrogens with zero attached hydrogens (tertiary/aromatic N) is 2. The van der Waals surface area contributed by atoms with Crippen molar-refractivity contribution in [3.05, 3.63) is 54.1 Å². The van der Waals surface area contributed by atoms with Gasteiger partial charge >= 0.3 is 6.03 Å². The summed E-state index contributed by atoms with van der Waals surface area (Å²) in [6.07, 6.45) is 0. The topological polar surface area (TPSA) is 66.6 Å². The van der Waals surface area contributed by atoms with Crippen molar-refractivity contribution >= 4 is 29.0 Å². The van der Waals surface area contributed by atoms with Crippen LogP contribution in [0, 0.1) is 6.92 Å². The summed E-state index contributed by atoms with van der Waals surface area (Å²) in [5.41, 5.74) is 8.57. The molecule has 0 saturated carbocycles. The van der Waals surface area contributed by atoms with Gasteiger partial charge in [0, 0.05) is 0 Å². The quantitative estimate of drug-likeness (QED) is 0.679. The minimum atomic E-state index is -0.373. The molecule has 3 amide bonds. The number of urea groups is 1. The number of hydrogen-bond donors (Lipinski definition) is 1. The number of aryl methyl sites for hydroxylation is 1. The SMILES string of the molecule is Cc1ccc(N2C(=O)CN(c3ccccc3N)C2=O)cc1. The monoisotopic (exact) mass is 281 g/mol. The lowest BCUT2D eigenvalue weighted by atomic mass is 10.2. The van der Waals surface area contributed by atoms with Crippen LogP contribution in [0.4, 0.5) is 21.9 Å². The van der Waals surface area contributed by atoms with E-state index in [-0.39, 0.29) is 18.5 Å². The Morgan fingerprint density at radius 2 is 1.67 bits per heavy atom. The zero-order valence-corrected chi connectivity index (χ0v) is 11.6. The highest BCUT2D eigenvalue weighted by molar-refractivity contribution is 6.27. The van der Waals surface area contributed by atoms with Gasteiger partial charge in [-0.3, -0.25) is 9.69 Å². The Kier molecular flexibility index (Phi) is 3.10. The third-order valence-corrected chi connectivity index (χ3v) is 3.48. The zero-order chi connectivity index (χ0) is 15.0. The van der Waals surface area contributed by atoms with E-state index in [0.717, 1.165) is 5.56 Å². The van der Waals surface area contributed by atoms with Crippen LogP contribution < -0.4 is 15.5 Å². The molecule has 2 aromatic carbocycles. The smallest absolute Gasteiger partial charge is 0.336 e. The molecule has 106 valence electrons. The fraction of sp³-hybridized carbons (Fsp3) is 0.125. The summed E-state index contributed by atoms with van der Waals surface area (Å²) in [5, 5.41) is 0. The van der Waals surface area contributed by atoms with E-state index in [0.29, 0.717) is 17.1 Å². The van der Waals surface area contributed by atoms with Gasteiger partial charge in [0.1, 0.15) is 6.54 Å². The molecule has 0 bridgehead atoms. The van der Waals surface area contributed by atoms with E-state index in [1.807, 2.05) is 19.1 Å². The average Bonchev–Trinajstić information content (AvgIpc) is 2.76. The Balaban J connectivity index is 1.96. The van der Waals surface area contributed by atoms with Gasteiger partial charge < -0.3 is 5.73 Å². The first-order chi connectivity index (χ1) is 10.1. The van der Waals surface area contributed by atoms with Gasteiger partial charge in [0.05, 0.1) is 17.1 Å². The number of benzene rings is 2. The first kappa shape index (κ1) is 13.2. The second-order valence-corrected chi connectivity index (χ2v) is 4.99. The number of anilines is 3. The average molecular weight is 281 g/mol.